The summed E-state index contributed by atoms with van der Waals surface area (Å²) in [5.74, 6) is 2.72. The van der Waals surface area contributed by atoms with Gasteiger partial charge in [0.25, 0.3) is 0 Å². The predicted molar refractivity (Wildman–Crippen MR) is 128 cm³/mol. The largest absolute Gasteiger partial charge is 0.381 e. The number of nitrogens with one attached hydrogen (secondary N) is 1. The molecule has 0 fully saturated rings. The van der Waals surface area contributed by atoms with E-state index in [0.717, 1.165) is 31.5 Å². The van der Waals surface area contributed by atoms with Crippen molar-refractivity contribution in [2.24, 2.45) is 0 Å². The molecular weight excluding hydrogens is 350 g/mol. The Bertz CT molecular complexity index is 880. The minimum atomic E-state index is 0.0156. The molecule has 1 heteroatoms. The van der Waals surface area contributed by atoms with Crippen molar-refractivity contribution in [1.82, 2.24) is 5.32 Å². The first kappa shape index (κ1) is 22.6. The molecule has 0 bridgehead atoms. The number of hydrogen-bond donors (Lipinski definition) is 1. The molecular formula is C28H35N. The fraction of sp³-hybridized carbons (Fsp3) is 0.357. The Morgan fingerprint density at radius 1 is 1.14 bits per heavy atom. The van der Waals surface area contributed by atoms with Crippen LogP contribution in [0.3, 0.4) is 0 Å². The predicted octanol–water partition coefficient (Wildman–Crippen LogP) is 7.02. The van der Waals surface area contributed by atoms with E-state index < -0.39 is 0 Å². The molecule has 1 nitrogen and oxygen atoms in total. The minimum absolute atomic E-state index is 0.0156. The summed E-state index contributed by atoms with van der Waals surface area (Å²) in [6.45, 7) is 12.1. The van der Waals surface area contributed by atoms with E-state index in [1.165, 1.54) is 27.9 Å². The number of benzene rings is 1. The Morgan fingerprint density at radius 3 is 2.55 bits per heavy atom. The van der Waals surface area contributed by atoms with Crippen molar-refractivity contribution < 1.29 is 0 Å². The summed E-state index contributed by atoms with van der Waals surface area (Å²) < 4.78 is 0. The van der Waals surface area contributed by atoms with Crippen molar-refractivity contribution in [2.45, 2.75) is 59.3 Å². The highest BCUT2D eigenvalue weighted by atomic mass is 14.9. The third kappa shape index (κ3) is 6.68. The van der Waals surface area contributed by atoms with E-state index in [1.54, 1.807) is 0 Å². The van der Waals surface area contributed by atoms with Crippen LogP contribution in [0.2, 0.25) is 0 Å². The molecule has 1 aliphatic rings. The van der Waals surface area contributed by atoms with Crippen LogP contribution in [-0.2, 0) is 5.41 Å². The second kappa shape index (κ2) is 10.7. The maximum absolute atomic E-state index is 5.38. The number of terminal acetylenes is 1. The summed E-state index contributed by atoms with van der Waals surface area (Å²) in [7, 11) is 0. The summed E-state index contributed by atoms with van der Waals surface area (Å²) >= 11 is 0. The highest BCUT2D eigenvalue weighted by Crippen LogP contribution is 2.33. The van der Waals surface area contributed by atoms with Crippen LogP contribution in [0, 0.1) is 12.3 Å². The zero-order chi connectivity index (χ0) is 21.3. The summed E-state index contributed by atoms with van der Waals surface area (Å²) in [4.78, 5) is 0. The molecule has 0 saturated heterocycles. The van der Waals surface area contributed by atoms with E-state index in [0.29, 0.717) is 0 Å². The van der Waals surface area contributed by atoms with Gasteiger partial charge in [0.05, 0.1) is 0 Å². The highest BCUT2D eigenvalue weighted by molar-refractivity contribution is 5.39. The first-order valence-electron chi connectivity index (χ1n) is 10.5. The topological polar surface area (TPSA) is 12.0 Å². The third-order valence-corrected chi connectivity index (χ3v) is 5.83. The van der Waals surface area contributed by atoms with Crippen molar-refractivity contribution >= 4 is 0 Å². The van der Waals surface area contributed by atoms with Crippen LogP contribution in [0.5, 0.6) is 0 Å². The van der Waals surface area contributed by atoms with Gasteiger partial charge in [0.1, 0.15) is 0 Å². The monoisotopic (exact) mass is 385 g/mol. The van der Waals surface area contributed by atoms with Gasteiger partial charge in [-0.3, -0.25) is 0 Å². The highest BCUT2D eigenvalue weighted by Gasteiger charge is 2.23. The second-order valence-electron chi connectivity index (χ2n) is 8.40. The molecule has 29 heavy (non-hydrogen) atoms. The zero-order valence-electron chi connectivity index (χ0n) is 18.7. The molecule has 1 aromatic rings. The van der Waals surface area contributed by atoms with Gasteiger partial charge in [0.2, 0.25) is 0 Å². The molecule has 0 amide bonds. The standard InChI is InChI=1S/C28H35N/c1-7-8-13-25-14-12-17-27(19-18-25)29-21-22(2)20-23(3)24(4)28(5,6)26-15-10-9-11-16-26/h1,9-12,15-20,29H,8,13-14,21H2,2-6H3/b22-20-,24-23+. The molecule has 0 atom stereocenters. The summed E-state index contributed by atoms with van der Waals surface area (Å²) in [6.07, 6.45) is 19.2. The van der Waals surface area contributed by atoms with Gasteiger partial charge in [-0.1, -0.05) is 84.7 Å². The molecule has 0 heterocycles. The Kier molecular flexibility index (Phi) is 8.34. The molecule has 0 unspecified atom stereocenters. The Balaban J connectivity index is 2.05. The normalized spacial score (nSPS) is 15.7. The lowest BCUT2D eigenvalue weighted by atomic mass is 9.76. The van der Waals surface area contributed by atoms with Crippen molar-refractivity contribution in [1.29, 1.82) is 0 Å². The van der Waals surface area contributed by atoms with Crippen LogP contribution in [0.1, 0.15) is 59.4 Å². The molecule has 2 rings (SSSR count). The van der Waals surface area contributed by atoms with Crippen molar-refractivity contribution in [3.8, 4) is 12.3 Å². The number of rotatable bonds is 8. The van der Waals surface area contributed by atoms with Crippen molar-refractivity contribution in [3.05, 3.63) is 94.3 Å². The number of hydrogen-bond acceptors (Lipinski definition) is 1. The zero-order valence-corrected chi connectivity index (χ0v) is 18.7. The first-order valence-corrected chi connectivity index (χ1v) is 10.5. The first-order chi connectivity index (χ1) is 13.8. The van der Waals surface area contributed by atoms with Gasteiger partial charge in [-0.05, 0) is 51.3 Å². The fourth-order valence-corrected chi connectivity index (χ4v) is 3.54. The smallest absolute Gasteiger partial charge is 0.0360 e. The van der Waals surface area contributed by atoms with E-state index in [-0.39, 0.29) is 5.41 Å². The van der Waals surface area contributed by atoms with E-state index in [1.807, 2.05) is 0 Å². The van der Waals surface area contributed by atoms with Gasteiger partial charge in [-0.25, -0.2) is 0 Å². The molecule has 0 spiro atoms. The van der Waals surface area contributed by atoms with Crippen molar-refractivity contribution in [2.75, 3.05) is 6.54 Å². The fourth-order valence-electron chi connectivity index (χ4n) is 3.54. The van der Waals surface area contributed by atoms with Crippen molar-refractivity contribution in [3.63, 3.8) is 0 Å². The lowest BCUT2D eigenvalue weighted by Crippen LogP contribution is -2.20. The molecule has 1 N–H and O–H groups in total. The summed E-state index contributed by atoms with van der Waals surface area (Å²) in [5, 5.41) is 3.55. The van der Waals surface area contributed by atoms with Crippen LogP contribution in [0.4, 0.5) is 0 Å². The molecule has 152 valence electrons. The Morgan fingerprint density at radius 2 is 1.86 bits per heavy atom. The molecule has 1 aromatic carbocycles. The molecule has 0 aromatic heterocycles. The molecule has 0 saturated carbocycles. The number of allylic oxidation sites excluding steroid dienone is 8. The molecule has 0 aliphatic heterocycles. The summed E-state index contributed by atoms with van der Waals surface area (Å²) in [5.41, 5.74) is 7.96. The van der Waals surface area contributed by atoms with E-state index in [2.05, 4.69) is 107 Å². The van der Waals surface area contributed by atoms with E-state index >= 15 is 0 Å². The Labute approximate surface area is 178 Å². The van der Waals surface area contributed by atoms with E-state index in [9.17, 15) is 0 Å². The second-order valence-corrected chi connectivity index (χ2v) is 8.40. The Hall–Kier alpha value is -2.72. The molecule has 0 radical (unpaired) electrons. The third-order valence-electron chi connectivity index (χ3n) is 5.83. The average molecular weight is 386 g/mol. The van der Waals surface area contributed by atoms with Crippen LogP contribution in [0.15, 0.2) is 88.7 Å². The quantitative estimate of drug-likeness (QED) is 0.374. The molecule has 1 aliphatic carbocycles. The van der Waals surface area contributed by atoms with Crippen LogP contribution in [-0.4, -0.2) is 6.54 Å². The van der Waals surface area contributed by atoms with Crippen LogP contribution >= 0.6 is 0 Å². The summed E-state index contributed by atoms with van der Waals surface area (Å²) in [6, 6.07) is 10.7. The lowest BCUT2D eigenvalue weighted by molar-refractivity contribution is 0.618. The van der Waals surface area contributed by atoms with Gasteiger partial charge >= 0.3 is 0 Å². The maximum atomic E-state index is 5.38. The van der Waals surface area contributed by atoms with Crippen LogP contribution < -0.4 is 5.32 Å². The average Bonchev–Trinajstić information content (AvgIpc) is 2.95. The maximum Gasteiger partial charge on any atom is 0.0360 e. The van der Waals surface area contributed by atoms with Gasteiger partial charge in [0, 0.05) is 24.1 Å². The lowest BCUT2D eigenvalue weighted by Gasteiger charge is -2.28. The van der Waals surface area contributed by atoms with Gasteiger partial charge < -0.3 is 5.32 Å². The van der Waals surface area contributed by atoms with Gasteiger partial charge in [-0.2, -0.15) is 0 Å². The van der Waals surface area contributed by atoms with Gasteiger partial charge in [-0.15, -0.1) is 12.3 Å². The SMILES string of the molecule is C#CCCC1=CC=C(NC/C(C)=C\C(C)=C(/C)C(C)(C)c2ccccc2)C=CC1. The van der Waals surface area contributed by atoms with E-state index in [4.69, 9.17) is 6.42 Å². The van der Waals surface area contributed by atoms with Crippen LogP contribution in [0.25, 0.3) is 0 Å². The minimum Gasteiger partial charge on any atom is -0.381 e. The van der Waals surface area contributed by atoms with Gasteiger partial charge in [0.15, 0.2) is 0 Å².